The number of thiocarbonyl (C=S) groups is 1. The van der Waals surface area contributed by atoms with E-state index >= 15 is 0 Å². The maximum absolute atomic E-state index is 12.8. The van der Waals surface area contributed by atoms with Crippen molar-refractivity contribution >= 4 is 41.0 Å². The minimum atomic E-state index is -4.81. The molecule has 0 atom stereocenters. The van der Waals surface area contributed by atoms with E-state index < -0.39 is 18.0 Å². The van der Waals surface area contributed by atoms with E-state index in [4.69, 9.17) is 18.0 Å². The predicted octanol–water partition coefficient (Wildman–Crippen LogP) is 6.93. The third-order valence-electron chi connectivity index (χ3n) is 6.20. The number of alkyl halides is 3. The minimum Gasteiger partial charge on any atom is -0.406 e. The molecule has 1 amide bonds. The van der Waals surface area contributed by atoms with Gasteiger partial charge < -0.3 is 15.8 Å². The minimum absolute atomic E-state index is 0.126. The van der Waals surface area contributed by atoms with E-state index in [2.05, 4.69) is 34.1 Å². The third-order valence-corrected chi connectivity index (χ3v) is 6.37. The molecule has 42 heavy (non-hydrogen) atoms. The second-order valence-corrected chi connectivity index (χ2v) is 9.91. The molecule has 0 bridgehead atoms. The van der Waals surface area contributed by atoms with E-state index in [0.717, 1.165) is 34.5 Å². The molecule has 0 aliphatic rings. The van der Waals surface area contributed by atoms with Crippen LogP contribution in [0.3, 0.4) is 0 Å². The lowest BCUT2D eigenvalue weighted by atomic mass is 10.0. The standard InChI is InChI=1S/C30H29F3N6O2S/c1-4-38-27(36-28(40)22-13-15-23(16-14-22)41-30(31,32)33)17-25(37-38)21-11-9-20(10-12-21)18-35-39(29(34)42)26-8-6-5-7-24(26)19(2)3/h5-19H,4H2,1-3H3,(H2,34,42)(H,36,40)/b35-18+. The van der Waals surface area contributed by atoms with Crippen LogP contribution in [0.4, 0.5) is 24.7 Å². The first-order valence-electron chi connectivity index (χ1n) is 13.0. The topological polar surface area (TPSA) is 97.8 Å². The third kappa shape index (κ3) is 7.52. The molecule has 218 valence electrons. The highest BCUT2D eigenvalue weighted by Crippen LogP contribution is 2.28. The summed E-state index contributed by atoms with van der Waals surface area (Å²) >= 11 is 5.26. The molecule has 0 aliphatic carbocycles. The van der Waals surface area contributed by atoms with Crippen LogP contribution < -0.4 is 20.8 Å². The van der Waals surface area contributed by atoms with Crippen LogP contribution in [0.1, 0.15) is 48.2 Å². The smallest absolute Gasteiger partial charge is 0.406 e. The van der Waals surface area contributed by atoms with E-state index in [9.17, 15) is 18.0 Å². The lowest BCUT2D eigenvalue weighted by molar-refractivity contribution is -0.274. The summed E-state index contributed by atoms with van der Waals surface area (Å²) in [6.07, 6.45) is -3.14. The van der Waals surface area contributed by atoms with Gasteiger partial charge in [-0.3, -0.25) is 4.79 Å². The summed E-state index contributed by atoms with van der Waals surface area (Å²) in [5.41, 5.74) is 10.3. The van der Waals surface area contributed by atoms with Crippen molar-refractivity contribution in [3.05, 3.63) is 95.6 Å². The number of carbonyl (C=O) groups excluding carboxylic acids is 1. The van der Waals surface area contributed by atoms with Gasteiger partial charge in [0.05, 0.1) is 17.6 Å². The lowest BCUT2D eigenvalue weighted by Crippen LogP contribution is -2.31. The van der Waals surface area contributed by atoms with Crippen molar-refractivity contribution in [2.24, 2.45) is 10.8 Å². The van der Waals surface area contributed by atoms with Gasteiger partial charge in [0.25, 0.3) is 5.91 Å². The summed E-state index contributed by atoms with van der Waals surface area (Å²) in [6.45, 7) is 6.53. The molecule has 12 heteroatoms. The number of nitrogens with two attached hydrogens (primary N) is 1. The number of para-hydroxylation sites is 1. The number of amides is 1. The largest absolute Gasteiger partial charge is 0.573 e. The first kappa shape index (κ1) is 30.3. The number of ether oxygens (including phenoxy) is 1. The molecule has 0 aliphatic heterocycles. The summed E-state index contributed by atoms with van der Waals surface area (Å²) in [7, 11) is 0. The fraction of sp³-hybridized carbons (Fsp3) is 0.200. The zero-order valence-corrected chi connectivity index (χ0v) is 23.9. The van der Waals surface area contributed by atoms with E-state index in [1.807, 2.05) is 55.5 Å². The van der Waals surface area contributed by atoms with Gasteiger partial charge in [-0.15, -0.1) is 13.2 Å². The van der Waals surface area contributed by atoms with E-state index in [0.29, 0.717) is 18.1 Å². The summed E-state index contributed by atoms with van der Waals surface area (Å²) < 4.78 is 42.7. The van der Waals surface area contributed by atoms with Crippen molar-refractivity contribution in [3.8, 4) is 17.0 Å². The zero-order chi connectivity index (χ0) is 30.4. The Balaban J connectivity index is 1.49. The first-order chi connectivity index (χ1) is 19.9. The molecule has 1 aromatic heterocycles. The van der Waals surface area contributed by atoms with E-state index in [-0.39, 0.29) is 16.6 Å². The normalized spacial score (nSPS) is 11.6. The Morgan fingerprint density at radius 3 is 2.38 bits per heavy atom. The molecule has 3 N–H and O–H groups in total. The van der Waals surface area contributed by atoms with Crippen LogP contribution in [0.2, 0.25) is 0 Å². The Morgan fingerprint density at radius 2 is 1.79 bits per heavy atom. The molecular weight excluding hydrogens is 565 g/mol. The Hall–Kier alpha value is -4.71. The fourth-order valence-electron chi connectivity index (χ4n) is 4.17. The molecule has 1 heterocycles. The van der Waals surface area contributed by atoms with Crippen molar-refractivity contribution in [1.29, 1.82) is 0 Å². The molecule has 4 rings (SSSR count). The number of aryl methyl sites for hydroxylation is 1. The van der Waals surface area contributed by atoms with Gasteiger partial charge in [0, 0.05) is 23.7 Å². The lowest BCUT2D eigenvalue weighted by Gasteiger charge is -2.21. The number of hydrogen-bond donors (Lipinski definition) is 2. The van der Waals surface area contributed by atoms with Crippen LogP contribution in [0.15, 0.2) is 84.0 Å². The average molecular weight is 595 g/mol. The maximum Gasteiger partial charge on any atom is 0.573 e. The van der Waals surface area contributed by atoms with Gasteiger partial charge in [-0.2, -0.15) is 10.2 Å². The first-order valence-corrected chi connectivity index (χ1v) is 13.4. The van der Waals surface area contributed by atoms with Gasteiger partial charge in [-0.05, 0) is 66.5 Å². The number of anilines is 2. The van der Waals surface area contributed by atoms with Crippen molar-refractivity contribution in [2.75, 3.05) is 10.3 Å². The number of halogens is 3. The van der Waals surface area contributed by atoms with Crippen LogP contribution in [-0.2, 0) is 6.54 Å². The molecular formula is C30H29F3N6O2S. The number of hydrogen-bond acceptors (Lipinski definition) is 5. The molecule has 4 aromatic rings. The van der Waals surface area contributed by atoms with Crippen molar-refractivity contribution in [3.63, 3.8) is 0 Å². The van der Waals surface area contributed by atoms with Crippen LogP contribution in [0.5, 0.6) is 5.75 Å². The SMILES string of the molecule is CCn1nc(-c2ccc(/C=N/N(C(N)=S)c3ccccc3C(C)C)cc2)cc1NC(=O)c1ccc(OC(F)(F)F)cc1. The monoisotopic (exact) mass is 594 g/mol. The van der Waals surface area contributed by atoms with Gasteiger partial charge in [-0.25, -0.2) is 9.69 Å². The zero-order valence-electron chi connectivity index (χ0n) is 23.1. The number of nitrogens with zero attached hydrogens (tertiary/aromatic N) is 4. The number of aromatic nitrogens is 2. The summed E-state index contributed by atoms with van der Waals surface area (Å²) in [6, 6.07) is 21.7. The highest BCUT2D eigenvalue weighted by atomic mass is 32.1. The molecule has 0 spiro atoms. The van der Waals surface area contributed by atoms with Crippen molar-refractivity contribution < 1.29 is 22.7 Å². The number of nitrogens with one attached hydrogen (secondary N) is 1. The van der Waals surface area contributed by atoms with Crippen molar-refractivity contribution in [2.45, 2.75) is 39.6 Å². The van der Waals surface area contributed by atoms with Crippen LogP contribution in [-0.4, -0.2) is 33.4 Å². The Bertz CT molecular complexity index is 1580. The molecule has 0 unspecified atom stereocenters. The van der Waals surface area contributed by atoms with Crippen molar-refractivity contribution in [1.82, 2.24) is 9.78 Å². The van der Waals surface area contributed by atoms with Crippen LogP contribution in [0.25, 0.3) is 11.3 Å². The number of carbonyl (C=O) groups is 1. The Morgan fingerprint density at radius 1 is 1.12 bits per heavy atom. The molecule has 0 saturated heterocycles. The molecule has 0 saturated carbocycles. The van der Waals surface area contributed by atoms with Crippen LogP contribution in [0, 0.1) is 0 Å². The predicted molar refractivity (Wildman–Crippen MR) is 162 cm³/mol. The Labute approximate surface area is 246 Å². The van der Waals surface area contributed by atoms with Crippen LogP contribution >= 0.6 is 12.2 Å². The fourth-order valence-corrected chi connectivity index (χ4v) is 4.31. The maximum atomic E-state index is 12.8. The highest BCUT2D eigenvalue weighted by molar-refractivity contribution is 7.80. The van der Waals surface area contributed by atoms with Gasteiger partial charge in [0.2, 0.25) is 0 Å². The summed E-state index contributed by atoms with van der Waals surface area (Å²) in [4.78, 5) is 12.8. The number of rotatable bonds is 9. The molecule has 3 aromatic carbocycles. The van der Waals surface area contributed by atoms with E-state index in [1.54, 1.807) is 17.0 Å². The van der Waals surface area contributed by atoms with Gasteiger partial charge in [0.15, 0.2) is 5.11 Å². The number of hydrazone groups is 1. The molecule has 0 radical (unpaired) electrons. The quantitative estimate of drug-likeness (QED) is 0.124. The second kappa shape index (κ2) is 12.9. The molecule has 8 nitrogen and oxygen atoms in total. The van der Waals surface area contributed by atoms with Gasteiger partial charge in [0.1, 0.15) is 11.6 Å². The van der Waals surface area contributed by atoms with Gasteiger partial charge in [-0.1, -0.05) is 56.3 Å². The second-order valence-electron chi connectivity index (χ2n) is 9.49. The number of benzene rings is 3. The Kier molecular flexibility index (Phi) is 9.26. The highest BCUT2D eigenvalue weighted by Gasteiger charge is 2.31. The summed E-state index contributed by atoms with van der Waals surface area (Å²) in [5, 5.41) is 13.5. The molecule has 0 fully saturated rings. The average Bonchev–Trinajstić information content (AvgIpc) is 3.35. The van der Waals surface area contributed by atoms with Gasteiger partial charge >= 0.3 is 6.36 Å². The summed E-state index contributed by atoms with van der Waals surface area (Å²) in [5.74, 6) is -0.215. The van der Waals surface area contributed by atoms with E-state index in [1.165, 1.54) is 17.1 Å².